The molecule has 1 fully saturated rings. The second-order valence-corrected chi connectivity index (χ2v) is 7.83. The molecule has 1 atom stereocenters. The second-order valence-electron chi connectivity index (χ2n) is 6.48. The van der Waals surface area contributed by atoms with Gasteiger partial charge in [-0.2, -0.15) is 4.98 Å². The number of halogens is 2. The zero-order valence-corrected chi connectivity index (χ0v) is 17.0. The summed E-state index contributed by atoms with van der Waals surface area (Å²) in [5.41, 5.74) is 0.209. The number of amides is 3. The van der Waals surface area contributed by atoms with Gasteiger partial charge in [-0.25, -0.2) is 4.79 Å². The predicted molar refractivity (Wildman–Crippen MR) is 105 cm³/mol. The molecule has 0 bridgehead atoms. The Hall–Kier alpha value is -2.71. The minimum Gasteiger partial charge on any atom is -0.334 e. The highest BCUT2D eigenvalue weighted by Crippen LogP contribution is 2.31. The van der Waals surface area contributed by atoms with Gasteiger partial charge in [0, 0.05) is 15.1 Å². The highest BCUT2D eigenvalue weighted by Gasteiger charge is 2.49. The van der Waals surface area contributed by atoms with Crippen molar-refractivity contribution in [3.8, 4) is 11.5 Å². The van der Waals surface area contributed by atoms with Crippen molar-refractivity contribution in [1.29, 1.82) is 0 Å². The third-order valence-corrected chi connectivity index (χ3v) is 5.28. The topological polar surface area (TPSA) is 88.3 Å². The average molecular weight is 462 g/mol. The fourth-order valence-electron chi connectivity index (χ4n) is 3.01. The Kier molecular flexibility index (Phi) is 4.68. The number of rotatable bonds is 4. The quantitative estimate of drug-likeness (QED) is 0.591. The highest BCUT2D eigenvalue weighted by molar-refractivity contribution is 9.10. The maximum Gasteiger partial charge on any atom is 0.325 e. The van der Waals surface area contributed by atoms with Crippen LogP contribution < -0.4 is 5.32 Å². The molecule has 3 aromatic rings. The van der Waals surface area contributed by atoms with Gasteiger partial charge in [0.25, 0.3) is 11.8 Å². The zero-order valence-electron chi connectivity index (χ0n) is 14.6. The van der Waals surface area contributed by atoms with Crippen LogP contribution in [0, 0.1) is 0 Å². The summed E-state index contributed by atoms with van der Waals surface area (Å²) in [5, 5.41) is 7.23. The van der Waals surface area contributed by atoms with E-state index in [4.69, 9.17) is 16.1 Å². The molecule has 4 rings (SSSR count). The van der Waals surface area contributed by atoms with Crippen LogP contribution in [-0.2, 0) is 16.9 Å². The molecule has 1 N–H and O–H groups in total. The van der Waals surface area contributed by atoms with Crippen molar-refractivity contribution < 1.29 is 14.1 Å². The molecule has 1 aliphatic rings. The lowest BCUT2D eigenvalue weighted by atomic mass is 9.92. The maximum atomic E-state index is 13.0. The Morgan fingerprint density at radius 2 is 1.96 bits per heavy atom. The molecule has 1 unspecified atom stereocenters. The summed E-state index contributed by atoms with van der Waals surface area (Å²) in [6.07, 6.45) is 0. The van der Waals surface area contributed by atoms with Crippen molar-refractivity contribution in [2.24, 2.45) is 0 Å². The molecular weight excluding hydrogens is 448 g/mol. The van der Waals surface area contributed by atoms with Gasteiger partial charge < -0.3 is 9.84 Å². The molecule has 0 spiro atoms. The molecular formula is C19H14BrClN4O3. The van der Waals surface area contributed by atoms with E-state index in [1.54, 1.807) is 43.3 Å². The number of aromatic nitrogens is 2. The fraction of sp³-hybridized carbons (Fsp3) is 0.158. The highest BCUT2D eigenvalue weighted by atomic mass is 79.9. The minimum atomic E-state index is -1.16. The van der Waals surface area contributed by atoms with Crippen molar-refractivity contribution in [1.82, 2.24) is 20.4 Å². The number of hydrogen-bond acceptors (Lipinski definition) is 5. The number of nitrogens with one attached hydrogen (secondary N) is 1. The van der Waals surface area contributed by atoms with Crippen molar-refractivity contribution >= 4 is 39.5 Å². The Labute approximate surface area is 173 Å². The van der Waals surface area contributed by atoms with Crippen LogP contribution in [0.25, 0.3) is 11.5 Å². The van der Waals surface area contributed by atoms with Gasteiger partial charge in [-0.3, -0.25) is 9.69 Å². The van der Waals surface area contributed by atoms with E-state index in [0.717, 1.165) is 9.37 Å². The summed E-state index contributed by atoms with van der Waals surface area (Å²) < 4.78 is 6.06. The zero-order chi connectivity index (χ0) is 19.9. The summed E-state index contributed by atoms with van der Waals surface area (Å²) in [7, 11) is 0. The Balaban J connectivity index is 1.56. The molecule has 1 aromatic heterocycles. The van der Waals surface area contributed by atoms with Crippen LogP contribution in [0.15, 0.2) is 57.5 Å². The number of carbonyl (C=O) groups excluding carboxylic acids is 2. The monoisotopic (exact) mass is 460 g/mol. The molecule has 9 heteroatoms. The Bertz CT molecular complexity index is 1070. The second kappa shape index (κ2) is 7.03. The first-order chi connectivity index (χ1) is 13.4. The van der Waals surface area contributed by atoms with Crippen LogP contribution in [0.5, 0.6) is 0 Å². The van der Waals surface area contributed by atoms with E-state index in [0.29, 0.717) is 16.1 Å². The van der Waals surface area contributed by atoms with Crippen LogP contribution in [-0.4, -0.2) is 27.0 Å². The van der Waals surface area contributed by atoms with E-state index in [9.17, 15) is 9.59 Å². The van der Waals surface area contributed by atoms with Gasteiger partial charge in [0.2, 0.25) is 0 Å². The molecule has 2 aromatic carbocycles. The first-order valence-corrected chi connectivity index (χ1v) is 9.52. The lowest BCUT2D eigenvalue weighted by Crippen LogP contribution is -2.40. The van der Waals surface area contributed by atoms with E-state index in [2.05, 4.69) is 31.4 Å². The van der Waals surface area contributed by atoms with Crippen molar-refractivity contribution in [3.63, 3.8) is 0 Å². The lowest BCUT2D eigenvalue weighted by Gasteiger charge is -2.22. The van der Waals surface area contributed by atoms with E-state index in [1.165, 1.54) is 0 Å². The molecule has 7 nitrogen and oxygen atoms in total. The molecule has 0 aliphatic carbocycles. The van der Waals surface area contributed by atoms with Crippen LogP contribution in [0.1, 0.15) is 18.3 Å². The first kappa shape index (κ1) is 18.6. The molecule has 0 saturated carbocycles. The standard InChI is InChI=1S/C19H14BrClN4O3/c1-19(12-3-2-4-13(20)9-12)17(26)25(18(27)23-19)10-15-22-16(28-24-15)11-5-7-14(21)8-6-11/h2-9H,10H2,1H3,(H,23,27). The van der Waals surface area contributed by atoms with Gasteiger partial charge in [-0.15, -0.1) is 0 Å². The van der Waals surface area contributed by atoms with Gasteiger partial charge in [0.1, 0.15) is 5.54 Å². The number of urea groups is 1. The number of benzene rings is 2. The van der Waals surface area contributed by atoms with Gasteiger partial charge in [0.05, 0.1) is 6.54 Å². The first-order valence-electron chi connectivity index (χ1n) is 8.35. The van der Waals surface area contributed by atoms with E-state index in [-0.39, 0.29) is 24.2 Å². The number of carbonyl (C=O) groups is 2. The Morgan fingerprint density at radius 3 is 2.68 bits per heavy atom. The third-order valence-electron chi connectivity index (χ3n) is 4.54. The summed E-state index contributed by atoms with van der Waals surface area (Å²) in [4.78, 5) is 30.8. The molecule has 2 heterocycles. The van der Waals surface area contributed by atoms with E-state index in [1.807, 2.05) is 12.1 Å². The van der Waals surface area contributed by atoms with Gasteiger partial charge in [-0.1, -0.05) is 44.8 Å². The average Bonchev–Trinajstić information content (AvgIpc) is 3.22. The van der Waals surface area contributed by atoms with Crippen molar-refractivity contribution in [2.75, 3.05) is 0 Å². The summed E-state index contributed by atoms with van der Waals surface area (Å²) >= 11 is 9.27. The summed E-state index contributed by atoms with van der Waals surface area (Å²) in [6, 6.07) is 13.7. The fourth-order valence-corrected chi connectivity index (χ4v) is 3.53. The number of hydrogen-bond donors (Lipinski definition) is 1. The largest absolute Gasteiger partial charge is 0.334 e. The van der Waals surface area contributed by atoms with Crippen LogP contribution in [0.3, 0.4) is 0 Å². The van der Waals surface area contributed by atoms with Crippen LogP contribution in [0.2, 0.25) is 5.02 Å². The predicted octanol–water partition coefficient (Wildman–Crippen LogP) is 4.12. The molecule has 3 amide bonds. The third kappa shape index (κ3) is 3.29. The number of imide groups is 1. The molecule has 1 aliphatic heterocycles. The maximum absolute atomic E-state index is 13.0. The smallest absolute Gasteiger partial charge is 0.325 e. The van der Waals surface area contributed by atoms with Crippen molar-refractivity contribution in [3.05, 3.63) is 69.4 Å². The summed E-state index contributed by atoms with van der Waals surface area (Å²) in [6.45, 7) is 1.58. The van der Waals surface area contributed by atoms with Gasteiger partial charge in [0.15, 0.2) is 5.82 Å². The van der Waals surface area contributed by atoms with E-state index < -0.39 is 11.6 Å². The lowest BCUT2D eigenvalue weighted by molar-refractivity contribution is -0.131. The minimum absolute atomic E-state index is 0.0919. The molecule has 142 valence electrons. The SMILES string of the molecule is CC1(c2cccc(Br)c2)NC(=O)N(Cc2noc(-c3ccc(Cl)cc3)n2)C1=O. The number of nitrogens with zero attached hydrogens (tertiary/aromatic N) is 3. The van der Waals surface area contributed by atoms with Gasteiger partial charge >= 0.3 is 6.03 Å². The summed E-state index contributed by atoms with van der Waals surface area (Å²) in [5.74, 6) is 0.133. The molecule has 0 radical (unpaired) electrons. The van der Waals surface area contributed by atoms with Crippen LogP contribution in [0.4, 0.5) is 4.79 Å². The van der Waals surface area contributed by atoms with Crippen molar-refractivity contribution in [2.45, 2.75) is 19.0 Å². The Morgan fingerprint density at radius 1 is 1.21 bits per heavy atom. The van der Waals surface area contributed by atoms with Crippen LogP contribution >= 0.6 is 27.5 Å². The molecule has 28 heavy (non-hydrogen) atoms. The van der Waals surface area contributed by atoms with Gasteiger partial charge in [-0.05, 0) is 48.9 Å². The normalized spacial score (nSPS) is 19.2. The molecule has 1 saturated heterocycles. The van der Waals surface area contributed by atoms with E-state index >= 15 is 0 Å².